The predicted octanol–water partition coefficient (Wildman–Crippen LogP) is 2.96. The highest BCUT2D eigenvalue weighted by Crippen LogP contribution is 2.42. The molecule has 162 valence electrons. The van der Waals surface area contributed by atoms with Gasteiger partial charge in [-0.25, -0.2) is 4.98 Å². The van der Waals surface area contributed by atoms with Gasteiger partial charge in [0, 0.05) is 16.7 Å². The van der Waals surface area contributed by atoms with E-state index < -0.39 is 5.91 Å². The van der Waals surface area contributed by atoms with Gasteiger partial charge in [-0.1, -0.05) is 54.6 Å². The van der Waals surface area contributed by atoms with Gasteiger partial charge in [-0.3, -0.25) is 14.5 Å². The molecule has 2 amide bonds. The van der Waals surface area contributed by atoms with Crippen molar-refractivity contribution in [1.29, 1.82) is 0 Å². The number of nitrogens with zero attached hydrogens (tertiary/aromatic N) is 2. The molecule has 4 N–H and O–H groups in total. The van der Waals surface area contributed by atoms with Crippen LogP contribution in [0.2, 0.25) is 0 Å². The van der Waals surface area contributed by atoms with Crippen molar-refractivity contribution in [1.82, 2.24) is 4.98 Å². The van der Waals surface area contributed by atoms with Crippen LogP contribution in [0.5, 0.6) is 5.88 Å². The number of aromatic nitrogens is 1. The van der Waals surface area contributed by atoms with E-state index in [1.54, 1.807) is 0 Å². The zero-order chi connectivity index (χ0) is 22.3. The van der Waals surface area contributed by atoms with Gasteiger partial charge < -0.3 is 16.2 Å². The van der Waals surface area contributed by atoms with Gasteiger partial charge in [0.15, 0.2) is 6.61 Å². The van der Waals surface area contributed by atoms with E-state index in [1.165, 1.54) is 4.90 Å². The molecule has 0 unspecified atom stereocenters. The Balaban J connectivity index is 1.64. The molecule has 2 aliphatic rings. The Kier molecular flexibility index (Phi) is 4.90. The van der Waals surface area contributed by atoms with E-state index in [0.29, 0.717) is 11.6 Å². The largest absolute Gasteiger partial charge is 0.466 e. The average Bonchev–Trinajstić information content (AvgIpc) is 2.79. The molecule has 7 heteroatoms. The van der Waals surface area contributed by atoms with E-state index >= 15 is 0 Å². The third-order valence-corrected chi connectivity index (χ3v) is 6.27. The number of hydrogen-bond donors (Lipinski definition) is 2. The van der Waals surface area contributed by atoms with Crippen LogP contribution in [0, 0.1) is 0 Å². The number of fused-ring (bicyclic) bond motifs is 1. The van der Waals surface area contributed by atoms with Gasteiger partial charge in [-0.2, -0.15) is 0 Å². The molecule has 1 aliphatic heterocycles. The normalized spacial score (nSPS) is 16.7. The van der Waals surface area contributed by atoms with E-state index in [0.717, 1.165) is 47.2 Å². The Morgan fingerprint density at radius 3 is 2.41 bits per heavy atom. The molecule has 0 atom stereocenters. The minimum atomic E-state index is -0.598. The Hall–Kier alpha value is -3.71. The smallest absolute Gasteiger partial charge is 0.265 e. The number of primary amides is 1. The third kappa shape index (κ3) is 3.50. The topological polar surface area (TPSA) is 112 Å². The predicted molar refractivity (Wildman–Crippen MR) is 122 cm³/mol. The first-order valence-electron chi connectivity index (χ1n) is 10.7. The van der Waals surface area contributed by atoms with Crippen LogP contribution >= 0.6 is 0 Å². The highest BCUT2D eigenvalue weighted by atomic mass is 16.5. The van der Waals surface area contributed by atoms with Crippen LogP contribution in [0.1, 0.15) is 24.8 Å². The first kappa shape index (κ1) is 20.2. The van der Waals surface area contributed by atoms with Gasteiger partial charge in [0.2, 0.25) is 11.8 Å². The molecule has 1 aliphatic carbocycles. The number of rotatable bonds is 5. The molecule has 0 spiro atoms. The van der Waals surface area contributed by atoms with Gasteiger partial charge in [0.05, 0.1) is 5.69 Å². The summed E-state index contributed by atoms with van der Waals surface area (Å²) in [5.74, 6) is -0.624. The number of pyridine rings is 1. The number of amides is 2. The second-order valence-corrected chi connectivity index (χ2v) is 8.40. The van der Waals surface area contributed by atoms with E-state index in [4.69, 9.17) is 21.2 Å². The molecule has 5 rings (SSSR count). The number of nitrogens with two attached hydrogens (primary N) is 2. The lowest BCUT2D eigenvalue weighted by Gasteiger charge is -2.38. The summed E-state index contributed by atoms with van der Waals surface area (Å²) >= 11 is 0. The standard InChI is InChI=1S/C25H24N4O3/c26-21(30)14-29-20-13-19(16-5-2-1-3-6-16)23(28-24(20)32-15-22(29)31)17-7-9-18(10-8-17)25(27)11-4-12-25/h1-3,5-10,13H,4,11-12,14-15,27H2,(H2,26,30). The average molecular weight is 428 g/mol. The first-order chi connectivity index (χ1) is 15.4. The van der Waals surface area contributed by atoms with Crippen molar-refractivity contribution in [2.45, 2.75) is 24.8 Å². The molecular weight excluding hydrogens is 404 g/mol. The van der Waals surface area contributed by atoms with Crippen molar-refractivity contribution in [2.24, 2.45) is 11.5 Å². The van der Waals surface area contributed by atoms with Crippen molar-refractivity contribution in [3.05, 3.63) is 66.2 Å². The summed E-state index contributed by atoms with van der Waals surface area (Å²) in [6.45, 7) is -0.413. The monoisotopic (exact) mass is 428 g/mol. The molecule has 0 bridgehead atoms. The summed E-state index contributed by atoms with van der Waals surface area (Å²) in [5.41, 5.74) is 16.6. The van der Waals surface area contributed by atoms with Crippen molar-refractivity contribution in [3.8, 4) is 28.3 Å². The Labute approximate surface area is 186 Å². The summed E-state index contributed by atoms with van der Waals surface area (Å²) in [6.07, 6.45) is 3.15. The highest BCUT2D eigenvalue weighted by Gasteiger charge is 2.34. The molecule has 3 aromatic rings. The van der Waals surface area contributed by atoms with Crippen molar-refractivity contribution >= 4 is 17.5 Å². The highest BCUT2D eigenvalue weighted by molar-refractivity contribution is 6.02. The first-order valence-corrected chi connectivity index (χ1v) is 10.7. The maximum atomic E-state index is 12.4. The number of carbonyl (C=O) groups is 2. The molecule has 0 radical (unpaired) electrons. The van der Waals surface area contributed by atoms with Crippen LogP contribution in [0.15, 0.2) is 60.7 Å². The Morgan fingerprint density at radius 1 is 1.06 bits per heavy atom. The zero-order valence-corrected chi connectivity index (χ0v) is 17.6. The van der Waals surface area contributed by atoms with Gasteiger partial charge in [-0.15, -0.1) is 0 Å². The maximum Gasteiger partial charge on any atom is 0.265 e. The molecule has 2 aromatic carbocycles. The summed E-state index contributed by atoms with van der Waals surface area (Å²) in [4.78, 5) is 30.1. The van der Waals surface area contributed by atoms with Crippen LogP contribution in [0.4, 0.5) is 5.69 Å². The van der Waals surface area contributed by atoms with Gasteiger partial charge in [0.25, 0.3) is 5.91 Å². The van der Waals surface area contributed by atoms with Crippen LogP contribution in [-0.2, 0) is 15.1 Å². The number of ether oxygens (including phenoxy) is 1. The van der Waals surface area contributed by atoms with Crippen LogP contribution in [0.25, 0.3) is 22.4 Å². The summed E-state index contributed by atoms with van der Waals surface area (Å²) < 4.78 is 5.63. The summed E-state index contributed by atoms with van der Waals surface area (Å²) in [7, 11) is 0. The van der Waals surface area contributed by atoms with E-state index in [1.807, 2.05) is 48.5 Å². The molecule has 2 heterocycles. The van der Waals surface area contributed by atoms with Gasteiger partial charge in [0.1, 0.15) is 12.2 Å². The quantitative estimate of drug-likeness (QED) is 0.649. The van der Waals surface area contributed by atoms with Crippen molar-refractivity contribution < 1.29 is 14.3 Å². The van der Waals surface area contributed by atoms with E-state index in [9.17, 15) is 9.59 Å². The van der Waals surface area contributed by atoms with Crippen molar-refractivity contribution in [2.75, 3.05) is 18.1 Å². The molecule has 1 fully saturated rings. The molecule has 0 saturated heterocycles. The fourth-order valence-electron chi connectivity index (χ4n) is 4.32. The number of anilines is 1. The number of benzene rings is 2. The fourth-order valence-corrected chi connectivity index (χ4v) is 4.32. The van der Waals surface area contributed by atoms with E-state index in [-0.39, 0.29) is 24.6 Å². The van der Waals surface area contributed by atoms with Crippen LogP contribution < -0.4 is 21.1 Å². The second kappa shape index (κ2) is 7.76. The minimum absolute atomic E-state index is 0.188. The minimum Gasteiger partial charge on any atom is -0.466 e. The summed E-state index contributed by atoms with van der Waals surface area (Å²) in [5, 5.41) is 0. The Bertz CT molecular complexity index is 1190. The Morgan fingerprint density at radius 2 is 1.78 bits per heavy atom. The maximum absolute atomic E-state index is 12.4. The molecule has 32 heavy (non-hydrogen) atoms. The fraction of sp³-hybridized carbons (Fsp3) is 0.240. The van der Waals surface area contributed by atoms with Crippen LogP contribution in [-0.4, -0.2) is 29.9 Å². The second-order valence-electron chi connectivity index (χ2n) is 8.40. The van der Waals surface area contributed by atoms with Gasteiger partial charge >= 0.3 is 0 Å². The number of hydrogen-bond acceptors (Lipinski definition) is 5. The molecule has 1 aromatic heterocycles. The summed E-state index contributed by atoms with van der Waals surface area (Å²) in [6, 6.07) is 19.8. The lowest BCUT2D eigenvalue weighted by Crippen LogP contribution is -2.44. The van der Waals surface area contributed by atoms with Crippen LogP contribution in [0.3, 0.4) is 0 Å². The third-order valence-electron chi connectivity index (χ3n) is 6.27. The lowest BCUT2D eigenvalue weighted by atomic mass is 9.72. The number of carbonyl (C=O) groups excluding carboxylic acids is 2. The van der Waals surface area contributed by atoms with Gasteiger partial charge in [-0.05, 0) is 36.5 Å². The van der Waals surface area contributed by atoms with Crippen molar-refractivity contribution in [3.63, 3.8) is 0 Å². The molecular formula is C25H24N4O3. The SMILES string of the molecule is NC(=O)CN1C(=O)COc2nc(-c3ccc(C4(N)CCC4)cc3)c(-c3ccccc3)cc21. The zero-order valence-electron chi connectivity index (χ0n) is 17.6. The molecule has 1 saturated carbocycles. The lowest BCUT2D eigenvalue weighted by molar-refractivity contribution is -0.124. The van der Waals surface area contributed by atoms with E-state index in [2.05, 4.69) is 12.1 Å². The molecule has 7 nitrogen and oxygen atoms in total.